The minimum absolute atomic E-state index is 0.129. The van der Waals surface area contributed by atoms with Crippen LogP contribution in [0.25, 0.3) is 0 Å². The maximum Gasteiger partial charge on any atom is 0.188 e. The zero-order valence-electron chi connectivity index (χ0n) is 10.2. The normalized spacial score (nSPS) is 11.7. The Hall–Kier alpha value is -0.653. The number of halogens is 3. The Kier molecular flexibility index (Phi) is 4.52. The summed E-state index contributed by atoms with van der Waals surface area (Å²) >= 11 is 5.60. The molecule has 0 saturated heterocycles. The van der Waals surface area contributed by atoms with Gasteiger partial charge in [0.05, 0.1) is 13.1 Å². The highest BCUT2D eigenvalue weighted by Gasteiger charge is 2.29. The van der Waals surface area contributed by atoms with Crippen molar-refractivity contribution >= 4 is 24.9 Å². The monoisotopic (exact) mass is 280 g/mol. The molecule has 6 heteroatoms. The van der Waals surface area contributed by atoms with Crippen LogP contribution in [-0.4, -0.2) is 22.0 Å². The predicted octanol–water partition coefficient (Wildman–Crippen LogP) is 3.15. The molecule has 0 N–H and O–H groups in total. The zero-order valence-corrected chi connectivity index (χ0v) is 12.0. The second-order valence-corrected chi connectivity index (χ2v) is 10.1. The van der Waals surface area contributed by atoms with Crippen molar-refractivity contribution in [3.63, 3.8) is 0 Å². The maximum absolute atomic E-state index is 13.9. The Morgan fingerprint density at radius 3 is 2.35 bits per heavy atom. The number of hydrogen-bond acceptors (Lipinski definition) is 2. The summed E-state index contributed by atoms with van der Waals surface area (Å²) < 4.78 is 37.5. The van der Waals surface area contributed by atoms with E-state index in [9.17, 15) is 8.78 Å². The van der Waals surface area contributed by atoms with E-state index in [0.29, 0.717) is 0 Å². The number of ether oxygens (including phenoxy) is 2. The Morgan fingerprint density at radius 1 is 1.29 bits per heavy atom. The summed E-state index contributed by atoms with van der Waals surface area (Å²) in [5.41, 5.74) is 0. The van der Waals surface area contributed by atoms with Gasteiger partial charge in [-0.05, 0) is 6.07 Å². The van der Waals surface area contributed by atoms with E-state index in [-0.39, 0.29) is 22.8 Å². The molecule has 0 radical (unpaired) electrons. The van der Waals surface area contributed by atoms with Crippen LogP contribution in [0.1, 0.15) is 0 Å². The molecule has 1 rings (SSSR count). The molecule has 0 saturated carbocycles. The molecule has 1 aromatic carbocycles. The third-order valence-corrected chi connectivity index (χ3v) is 4.44. The molecule has 0 aromatic heterocycles. The standard InChI is InChI=1S/C11H15ClF2O2Si/c1-15-6-16-10-9(14)7(12)5-8(13)11(10)17(2,3)4/h5H,6H2,1-4H3. The molecule has 0 spiro atoms. The average molecular weight is 281 g/mol. The van der Waals surface area contributed by atoms with Crippen molar-refractivity contribution in [1.82, 2.24) is 0 Å². The van der Waals surface area contributed by atoms with Gasteiger partial charge in [0.25, 0.3) is 0 Å². The van der Waals surface area contributed by atoms with E-state index in [0.717, 1.165) is 6.07 Å². The Bertz CT molecular complexity index is 419. The zero-order chi connectivity index (χ0) is 13.2. The van der Waals surface area contributed by atoms with E-state index < -0.39 is 19.7 Å². The molecule has 0 aliphatic heterocycles. The molecule has 0 unspecified atom stereocenters. The van der Waals surface area contributed by atoms with Gasteiger partial charge in [0, 0.05) is 12.3 Å². The first-order valence-corrected chi connectivity index (χ1v) is 8.96. The molecule has 17 heavy (non-hydrogen) atoms. The highest BCUT2D eigenvalue weighted by atomic mass is 35.5. The first kappa shape index (κ1) is 14.4. The fraction of sp³-hybridized carbons (Fsp3) is 0.455. The highest BCUT2D eigenvalue weighted by Crippen LogP contribution is 2.27. The van der Waals surface area contributed by atoms with E-state index >= 15 is 0 Å². The van der Waals surface area contributed by atoms with Gasteiger partial charge < -0.3 is 9.47 Å². The molecule has 0 atom stereocenters. The lowest BCUT2D eigenvalue weighted by Gasteiger charge is -2.22. The van der Waals surface area contributed by atoms with Crippen molar-refractivity contribution in [2.24, 2.45) is 0 Å². The van der Waals surface area contributed by atoms with Crippen LogP contribution in [0, 0.1) is 11.6 Å². The Morgan fingerprint density at radius 2 is 1.88 bits per heavy atom. The first-order valence-electron chi connectivity index (χ1n) is 5.08. The Balaban J connectivity index is 3.39. The number of benzene rings is 1. The van der Waals surface area contributed by atoms with Crippen LogP contribution < -0.4 is 9.92 Å². The molecule has 0 aliphatic carbocycles. The van der Waals surface area contributed by atoms with Gasteiger partial charge in [-0.25, -0.2) is 8.78 Å². The lowest BCUT2D eigenvalue weighted by Crippen LogP contribution is -2.41. The average Bonchev–Trinajstić information content (AvgIpc) is 2.19. The van der Waals surface area contributed by atoms with Crippen LogP contribution in [0.5, 0.6) is 5.75 Å². The molecule has 96 valence electrons. The highest BCUT2D eigenvalue weighted by molar-refractivity contribution is 6.89. The molecular weight excluding hydrogens is 266 g/mol. The lowest BCUT2D eigenvalue weighted by molar-refractivity contribution is 0.0489. The SMILES string of the molecule is COCOc1c(F)c(Cl)cc(F)c1[Si](C)(C)C. The van der Waals surface area contributed by atoms with Gasteiger partial charge in [-0.2, -0.15) is 0 Å². The summed E-state index contributed by atoms with van der Waals surface area (Å²) in [6.45, 7) is 5.56. The summed E-state index contributed by atoms with van der Waals surface area (Å²) in [6.07, 6.45) is 0. The largest absolute Gasteiger partial charge is 0.464 e. The number of hydrogen-bond donors (Lipinski definition) is 0. The third kappa shape index (κ3) is 3.17. The maximum atomic E-state index is 13.9. The van der Waals surface area contributed by atoms with Crippen LogP contribution in [-0.2, 0) is 4.74 Å². The first-order chi connectivity index (χ1) is 7.79. The second-order valence-electron chi connectivity index (χ2n) is 4.66. The van der Waals surface area contributed by atoms with Gasteiger partial charge in [0.2, 0.25) is 0 Å². The molecule has 0 aliphatic rings. The van der Waals surface area contributed by atoms with Gasteiger partial charge in [-0.1, -0.05) is 31.2 Å². The quantitative estimate of drug-likeness (QED) is 0.479. The van der Waals surface area contributed by atoms with Crippen molar-refractivity contribution in [3.05, 3.63) is 22.7 Å². The van der Waals surface area contributed by atoms with Crippen LogP contribution in [0.3, 0.4) is 0 Å². The second kappa shape index (κ2) is 5.33. The van der Waals surface area contributed by atoms with Crippen molar-refractivity contribution in [2.75, 3.05) is 13.9 Å². The lowest BCUT2D eigenvalue weighted by atomic mass is 10.3. The molecule has 1 aromatic rings. The number of methoxy groups -OCH3 is 1. The fourth-order valence-electron chi connectivity index (χ4n) is 1.53. The summed E-state index contributed by atoms with van der Waals surface area (Å²) in [6, 6.07) is 0.990. The summed E-state index contributed by atoms with van der Waals surface area (Å²) in [4.78, 5) is 0. The molecule has 0 fully saturated rings. The van der Waals surface area contributed by atoms with Crippen molar-refractivity contribution in [3.8, 4) is 5.75 Å². The topological polar surface area (TPSA) is 18.5 Å². The summed E-state index contributed by atoms with van der Waals surface area (Å²) in [5, 5.41) is 0.00653. The molecule has 0 heterocycles. The van der Waals surface area contributed by atoms with Crippen LogP contribution in [0.2, 0.25) is 24.7 Å². The van der Waals surface area contributed by atoms with Gasteiger partial charge in [-0.3, -0.25) is 0 Å². The van der Waals surface area contributed by atoms with Crippen molar-refractivity contribution < 1.29 is 18.3 Å². The van der Waals surface area contributed by atoms with Crippen molar-refractivity contribution in [2.45, 2.75) is 19.6 Å². The van der Waals surface area contributed by atoms with E-state index in [1.165, 1.54) is 7.11 Å². The predicted molar refractivity (Wildman–Crippen MR) is 66.9 cm³/mol. The van der Waals surface area contributed by atoms with E-state index in [2.05, 4.69) is 0 Å². The summed E-state index contributed by atoms with van der Waals surface area (Å²) in [7, 11) is -0.671. The van der Waals surface area contributed by atoms with Gasteiger partial charge in [0.1, 0.15) is 5.82 Å². The van der Waals surface area contributed by atoms with E-state index in [1.54, 1.807) is 0 Å². The van der Waals surface area contributed by atoms with Gasteiger partial charge in [0.15, 0.2) is 18.4 Å². The van der Waals surface area contributed by atoms with E-state index in [4.69, 9.17) is 21.1 Å². The van der Waals surface area contributed by atoms with E-state index in [1.807, 2.05) is 19.6 Å². The Labute approximate surface area is 105 Å². The number of rotatable bonds is 4. The van der Waals surface area contributed by atoms with Crippen LogP contribution >= 0.6 is 11.6 Å². The third-order valence-electron chi connectivity index (χ3n) is 2.20. The molecular formula is C11H15ClF2O2Si. The minimum atomic E-state index is -2.08. The van der Waals surface area contributed by atoms with Crippen molar-refractivity contribution in [1.29, 1.82) is 0 Å². The molecule has 0 amide bonds. The van der Waals surface area contributed by atoms with Gasteiger partial charge >= 0.3 is 0 Å². The molecule has 2 nitrogen and oxygen atoms in total. The smallest absolute Gasteiger partial charge is 0.188 e. The van der Waals surface area contributed by atoms with Crippen LogP contribution in [0.15, 0.2) is 6.07 Å². The minimum Gasteiger partial charge on any atom is -0.464 e. The fourth-order valence-corrected chi connectivity index (χ4v) is 3.36. The van der Waals surface area contributed by atoms with Crippen LogP contribution in [0.4, 0.5) is 8.78 Å². The summed E-state index contributed by atoms with van der Waals surface area (Å²) in [5.74, 6) is -1.39. The van der Waals surface area contributed by atoms with Gasteiger partial charge in [-0.15, -0.1) is 0 Å². The molecule has 0 bridgehead atoms.